The second-order valence-corrected chi connectivity index (χ2v) is 13.2. The third-order valence-electron chi connectivity index (χ3n) is 6.21. The molecule has 200 valence electrons. The van der Waals surface area contributed by atoms with Gasteiger partial charge in [-0.15, -0.1) is 0 Å². The van der Waals surface area contributed by atoms with E-state index in [-0.39, 0.29) is 38.4 Å². The number of amides is 2. The van der Waals surface area contributed by atoms with Crippen molar-refractivity contribution in [1.29, 1.82) is 0 Å². The number of piperidine rings is 1. The van der Waals surface area contributed by atoms with Gasteiger partial charge in [0.25, 0.3) is 5.91 Å². The highest BCUT2D eigenvalue weighted by molar-refractivity contribution is 7.88. The number of hydrogen-bond donors (Lipinski definition) is 3. The molecule has 0 saturated carbocycles. The lowest BCUT2D eigenvalue weighted by Crippen LogP contribution is -2.58. The maximum atomic E-state index is 13.4. The van der Waals surface area contributed by atoms with Crippen LogP contribution in [0, 0.1) is 0 Å². The van der Waals surface area contributed by atoms with Crippen molar-refractivity contribution in [2.45, 2.75) is 38.1 Å². The number of hydrogen-bond acceptors (Lipinski definition) is 6. The van der Waals surface area contributed by atoms with E-state index in [2.05, 4.69) is 10.0 Å². The summed E-state index contributed by atoms with van der Waals surface area (Å²) >= 11 is 12.4. The molecule has 0 unspecified atom stereocenters. The zero-order valence-corrected chi connectivity index (χ0v) is 23.2. The van der Waals surface area contributed by atoms with Crippen LogP contribution >= 0.6 is 23.2 Å². The summed E-state index contributed by atoms with van der Waals surface area (Å²) in [7, 11) is -5.64. The van der Waals surface area contributed by atoms with Gasteiger partial charge in [0.15, 0.2) is 0 Å². The van der Waals surface area contributed by atoms with E-state index in [4.69, 9.17) is 23.2 Å². The van der Waals surface area contributed by atoms with Gasteiger partial charge < -0.3 is 9.88 Å². The van der Waals surface area contributed by atoms with Crippen LogP contribution < -0.4 is 14.8 Å². The largest absolute Gasteiger partial charge is 0.345 e. The van der Waals surface area contributed by atoms with Crippen LogP contribution in [0.3, 0.4) is 0 Å². The number of carbonyl (C=O) groups is 2. The molecule has 1 aromatic heterocycles. The molecule has 0 bridgehead atoms. The number of fused-ring (bicyclic) bond motifs is 1. The molecule has 0 spiro atoms. The Morgan fingerprint density at radius 1 is 1.11 bits per heavy atom. The zero-order valence-electron chi connectivity index (χ0n) is 20.1. The van der Waals surface area contributed by atoms with E-state index in [1.807, 2.05) is 4.72 Å². The molecule has 0 aliphatic carbocycles. The normalized spacial score (nSPS) is 16.7. The first-order valence-electron chi connectivity index (χ1n) is 11.1. The van der Waals surface area contributed by atoms with Gasteiger partial charge in [-0.25, -0.2) is 17.9 Å². The molecule has 15 heteroatoms. The maximum absolute atomic E-state index is 13.4. The third kappa shape index (κ3) is 6.69. The average molecular weight is 583 g/mol. The quantitative estimate of drug-likeness (QED) is 0.384. The molecule has 1 aliphatic rings. The molecule has 1 aliphatic heterocycles. The summed E-state index contributed by atoms with van der Waals surface area (Å²) in [6, 6.07) is 5.06. The summed E-state index contributed by atoms with van der Waals surface area (Å²) in [4.78, 5) is 24.7. The van der Waals surface area contributed by atoms with E-state index >= 15 is 0 Å². The number of halogens is 2. The molecule has 11 nitrogen and oxygen atoms in total. The molecule has 0 radical (unpaired) electrons. The van der Waals surface area contributed by atoms with Crippen LogP contribution in [-0.4, -0.2) is 69.0 Å². The maximum Gasteiger partial charge on any atom is 0.303 e. The highest BCUT2D eigenvalue weighted by Crippen LogP contribution is 2.33. The first kappa shape index (κ1) is 28.7. The molecule has 3 N–H and O–H groups in total. The van der Waals surface area contributed by atoms with Crippen LogP contribution in [0.2, 0.25) is 10.0 Å². The summed E-state index contributed by atoms with van der Waals surface area (Å²) in [5, 5.41) is 4.40. The predicted molar refractivity (Wildman–Crippen MR) is 139 cm³/mol. The Kier molecular flexibility index (Phi) is 8.63. The molecule has 2 heterocycles. The van der Waals surface area contributed by atoms with Crippen LogP contribution in [0.25, 0.3) is 10.9 Å². The van der Waals surface area contributed by atoms with Crippen LogP contribution in [0.5, 0.6) is 0 Å². The lowest BCUT2D eigenvalue weighted by Gasteiger charge is -2.42. The first-order chi connectivity index (χ1) is 16.6. The smallest absolute Gasteiger partial charge is 0.303 e. The monoisotopic (exact) mass is 581 g/mol. The van der Waals surface area contributed by atoms with E-state index in [1.54, 1.807) is 29.8 Å². The Balaban J connectivity index is 1.83. The Bertz CT molecular complexity index is 1380. The highest BCUT2D eigenvalue weighted by atomic mass is 35.5. The van der Waals surface area contributed by atoms with E-state index in [1.165, 1.54) is 0 Å². The van der Waals surface area contributed by atoms with E-state index < -0.39 is 31.7 Å². The van der Waals surface area contributed by atoms with Crippen LogP contribution in [0.15, 0.2) is 18.2 Å². The fraction of sp³-hybridized carbons (Fsp3) is 0.524. The number of rotatable bonds is 9. The van der Waals surface area contributed by atoms with Gasteiger partial charge >= 0.3 is 10.2 Å². The van der Waals surface area contributed by atoms with Crippen molar-refractivity contribution >= 4 is 66.2 Å². The molecule has 1 saturated heterocycles. The van der Waals surface area contributed by atoms with Gasteiger partial charge in [-0.2, -0.15) is 12.7 Å². The van der Waals surface area contributed by atoms with Gasteiger partial charge in [-0.3, -0.25) is 9.59 Å². The van der Waals surface area contributed by atoms with Crippen molar-refractivity contribution in [3.05, 3.63) is 33.9 Å². The summed E-state index contributed by atoms with van der Waals surface area (Å²) in [5.41, 5.74) is 0.268. The second kappa shape index (κ2) is 10.8. The lowest BCUT2D eigenvalue weighted by molar-refractivity contribution is -0.117. The van der Waals surface area contributed by atoms with E-state index in [0.717, 1.165) is 23.0 Å². The molecule has 36 heavy (non-hydrogen) atoms. The first-order valence-corrected chi connectivity index (χ1v) is 15.2. The fourth-order valence-corrected chi connectivity index (χ4v) is 6.44. The molecule has 1 fully saturated rings. The highest BCUT2D eigenvalue weighted by Gasteiger charge is 2.39. The summed E-state index contributed by atoms with van der Waals surface area (Å²) in [6.45, 7) is 1.43. The minimum Gasteiger partial charge on any atom is -0.345 e. The molecule has 1 aromatic carbocycles. The summed E-state index contributed by atoms with van der Waals surface area (Å²) in [6.07, 6.45) is 2.43. The van der Waals surface area contributed by atoms with Crippen LogP contribution in [0.1, 0.15) is 43.1 Å². The molecular weight excluding hydrogens is 553 g/mol. The number of benzene rings is 1. The minimum absolute atomic E-state index is 0.0684. The Labute approximate surface area is 220 Å². The molecule has 0 atom stereocenters. The van der Waals surface area contributed by atoms with Gasteiger partial charge in [0.05, 0.1) is 16.3 Å². The summed E-state index contributed by atoms with van der Waals surface area (Å²) < 4.78 is 55.0. The van der Waals surface area contributed by atoms with Crippen LogP contribution in [0.4, 0.5) is 0 Å². The Hall–Kier alpha value is -1.90. The predicted octanol–water partition coefficient (Wildman–Crippen LogP) is 1.76. The Morgan fingerprint density at radius 2 is 1.75 bits per heavy atom. The lowest BCUT2D eigenvalue weighted by atomic mass is 9.83. The number of aryl methyl sites for hydroxylation is 1. The van der Waals surface area contributed by atoms with Crippen molar-refractivity contribution in [1.82, 2.24) is 23.6 Å². The summed E-state index contributed by atoms with van der Waals surface area (Å²) in [5.74, 6) is -1.07. The number of sulfonamides is 1. The van der Waals surface area contributed by atoms with Gasteiger partial charge in [0.2, 0.25) is 15.9 Å². The fourth-order valence-electron chi connectivity index (χ4n) is 4.39. The number of carbonyl (C=O) groups excluding carboxylic acids is 2. The van der Waals surface area contributed by atoms with Crippen molar-refractivity contribution in [3.63, 3.8) is 0 Å². The van der Waals surface area contributed by atoms with Gasteiger partial charge in [-0.05, 0) is 43.9 Å². The van der Waals surface area contributed by atoms with Crippen LogP contribution in [-0.2, 0) is 32.1 Å². The van der Waals surface area contributed by atoms with Crippen molar-refractivity contribution in [2.75, 3.05) is 25.9 Å². The van der Waals surface area contributed by atoms with Gasteiger partial charge in [0.1, 0.15) is 5.69 Å². The van der Waals surface area contributed by atoms with Crippen molar-refractivity contribution in [3.8, 4) is 0 Å². The average Bonchev–Trinajstić information content (AvgIpc) is 3.10. The minimum atomic E-state index is -3.99. The van der Waals surface area contributed by atoms with Gasteiger partial charge in [-0.1, -0.05) is 23.2 Å². The zero-order chi connectivity index (χ0) is 26.9. The van der Waals surface area contributed by atoms with Gasteiger partial charge in [0, 0.05) is 50.0 Å². The number of nitrogens with zero attached hydrogens (tertiary/aromatic N) is 2. The molecule has 2 aromatic rings. The van der Waals surface area contributed by atoms with E-state index in [9.17, 15) is 26.4 Å². The topological polar surface area (TPSA) is 147 Å². The number of aromatic nitrogens is 1. The second-order valence-electron chi connectivity index (χ2n) is 8.95. The molecule has 2 amide bonds. The molecule has 3 rings (SSSR count). The SMILES string of the molecule is CC(=O)NS(=O)(=O)N1CCC(CCCNS(C)(=O)=O)(NC(=O)c2cc3c(Cl)c(Cl)ccc3n2C)CC1. The molecular formula is C21H29Cl2N5O6S2. The standard InChI is InChI=1S/C21H29Cl2N5O6S2/c1-14(29)26-36(33,34)28-11-8-21(9-12-28,7-4-10-24-35(3,31)32)25-20(30)18-13-15-17(27(18)2)6-5-16(22)19(15)23/h5-6,13,24H,4,7-12H2,1-3H3,(H,25,30)(H,26,29). The van der Waals surface area contributed by atoms with E-state index in [0.29, 0.717) is 34.0 Å². The number of nitrogens with one attached hydrogen (secondary N) is 3. The Morgan fingerprint density at radius 3 is 2.33 bits per heavy atom. The van der Waals surface area contributed by atoms with Crippen molar-refractivity contribution in [2.24, 2.45) is 7.05 Å². The van der Waals surface area contributed by atoms with Crippen molar-refractivity contribution < 1.29 is 26.4 Å². The third-order valence-corrected chi connectivity index (χ3v) is 9.35.